The van der Waals surface area contributed by atoms with Crippen molar-refractivity contribution in [3.8, 4) is 11.4 Å². The lowest BCUT2D eigenvalue weighted by atomic mass is 9.81. The van der Waals surface area contributed by atoms with Crippen LogP contribution in [0, 0.1) is 5.82 Å². The molecule has 1 aromatic carbocycles. The maximum Gasteiger partial charge on any atom is 0.423 e. The first-order chi connectivity index (χ1) is 23.2. The minimum Gasteiger partial charge on any atom is -0.388 e. The average Bonchev–Trinajstić information content (AvgIpc) is 3.00. The molecular weight excluding hydrogens is 693 g/mol. The van der Waals surface area contributed by atoms with E-state index >= 15 is 4.39 Å². The number of aliphatic hydroxyl groups is 1. The number of pyridine rings is 1. The number of anilines is 1. The quantitative estimate of drug-likeness (QED) is 0.111. The summed E-state index contributed by atoms with van der Waals surface area (Å²) in [6, 6.07) is 3.62. The van der Waals surface area contributed by atoms with Crippen LogP contribution < -0.4 is 16.4 Å². The molecule has 1 aliphatic rings. The summed E-state index contributed by atoms with van der Waals surface area (Å²) in [4.78, 5) is 33.5. The Morgan fingerprint density at radius 3 is 2.38 bits per heavy atom. The molecule has 1 fully saturated rings. The molecule has 18 heteroatoms. The summed E-state index contributed by atoms with van der Waals surface area (Å²) in [5, 5.41) is 18.3. The van der Waals surface area contributed by atoms with E-state index in [9.17, 15) is 41.0 Å². The van der Waals surface area contributed by atoms with Gasteiger partial charge in [-0.1, -0.05) is 19.6 Å². The molecule has 0 unspecified atom stereocenters. The van der Waals surface area contributed by atoms with E-state index in [4.69, 9.17) is 4.74 Å². The number of hydrogen-bond acceptors (Lipinski definition) is 8. The van der Waals surface area contributed by atoms with E-state index in [0.29, 0.717) is 29.9 Å². The van der Waals surface area contributed by atoms with E-state index in [0.717, 1.165) is 22.9 Å². The fourth-order valence-electron chi connectivity index (χ4n) is 5.85. The molecule has 0 spiro atoms. The highest BCUT2D eigenvalue weighted by Gasteiger charge is 2.41. The van der Waals surface area contributed by atoms with E-state index in [-0.39, 0.29) is 48.2 Å². The molecule has 2 atom stereocenters. The van der Waals surface area contributed by atoms with E-state index in [2.05, 4.69) is 40.0 Å². The molecule has 10 nitrogen and oxygen atoms in total. The van der Waals surface area contributed by atoms with Crippen molar-refractivity contribution in [1.29, 1.82) is 0 Å². The lowest BCUT2D eigenvalue weighted by molar-refractivity contribution is -0.139. The van der Waals surface area contributed by atoms with E-state index in [1.165, 1.54) is 18.3 Å². The van der Waals surface area contributed by atoms with Crippen molar-refractivity contribution in [3.63, 3.8) is 0 Å². The Balaban J connectivity index is 1.33. The second-order valence-corrected chi connectivity index (χ2v) is 19.3. The first-order valence-corrected chi connectivity index (χ1v) is 19.4. The molecule has 1 aliphatic carbocycles. The number of rotatable bonds is 10. The minimum absolute atomic E-state index is 0.0827. The molecule has 3 heterocycles. The molecule has 0 bridgehead atoms. The Morgan fingerprint density at radius 1 is 1.04 bits per heavy atom. The molecule has 0 aliphatic heterocycles. The van der Waals surface area contributed by atoms with Gasteiger partial charge in [0.05, 0.1) is 40.5 Å². The number of nitrogens with zero attached hydrogens (tertiary/aromatic N) is 5. The molecule has 5 rings (SSSR count). The predicted molar refractivity (Wildman–Crippen MR) is 173 cm³/mol. The Hall–Kier alpha value is -4.16. The monoisotopic (exact) mass is 728 g/mol. The fourth-order valence-corrected chi connectivity index (χ4v) is 6.61. The van der Waals surface area contributed by atoms with Gasteiger partial charge in [0.2, 0.25) is 0 Å². The van der Waals surface area contributed by atoms with E-state index in [1.807, 2.05) is 0 Å². The number of hydrogen-bond donors (Lipinski definition) is 2. The van der Waals surface area contributed by atoms with Crippen LogP contribution >= 0.6 is 0 Å². The largest absolute Gasteiger partial charge is 0.423 e. The van der Waals surface area contributed by atoms with Gasteiger partial charge in [-0.3, -0.25) is 9.59 Å². The van der Waals surface area contributed by atoms with Crippen molar-refractivity contribution in [2.24, 2.45) is 0 Å². The van der Waals surface area contributed by atoms with Crippen LogP contribution in [0.3, 0.4) is 0 Å². The zero-order valence-electron chi connectivity index (χ0n) is 27.3. The van der Waals surface area contributed by atoms with Crippen molar-refractivity contribution in [2.45, 2.75) is 88.6 Å². The predicted octanol–water partition coefficient (Wildman–Crippen LogP) is 6.29. The van der Waals surface area contributed by atoms with Crippen molar-refractivity contribution >= 4 is 24.5 Å². The van der Waals surface area contributed by atoms with Gasteiger partial charge in [-0.25, -0.2) is 19.0 Å². The molecule has 0 saturated heterocycles. The van der Waals surface area contributed by atoms with Crippen LogP contribution in [0.5, 0.6) is 0 Å². The standard InChI is InChI=1S/C32H35F7N6O4Si/c1-50(2,3)10-9-49-18-45-29(47)26(32(37,38)39)25(16-42-45)43-21-5-4-7-30(48,13-21)17-44-8-6-19-11-23(24(33)12-22(19)28(44)46)27-40-14-20(15-41-27)31(34,35)36/h6,8,11-12,14-16,21,43,48H,4-5,7,9-10,13,17-18H2,1-3H3/t21-,30-/m0/s1. The Bertz CT molecular complexity index is 1980. The lowest BCUT2D eigenvalue weighted by Gasteiger charge is -2.38. The van der Waals surface area contributed by atoms with Gasteiger partial charge in [0, 0.05) is 39.3 Å². The fraction of sp³-hybridized carbons (Fsp3) is 0.469. The second-order valence-electron chi connectivity index (χ2n) is 13.7. The van der Waals surface area contributed by atoms with Gasteiger partial charge in [0.25, 0.3) is 11.1 Å². The molecule has 50 heavy (non-hydrogen) atoms. The average molecular weight is 729 g/mol. The number of benzene rings is 1. The van der Waals surface area contributed by atoms with Crippen LogP contribution in [0.15, 0.2) is 52.6 Å². The summed E-state index contributed by atoms with van der Waals surface area (Å²) in [5.41, 5.74) is -6.93. The number of ether oxygens (including phenoxy) is 1. The van der Waals surface area contributed by atoms with E-state index < -0.39 is 72.6 Å². The van der Waals surface area contributed by atoms with Crippen LogP contribution in [-0.2, 0) is 30.4 Å². The molecule has 0 radical (unpaired) electrons. The summed E-state index contributed by atoms with van der Waals surface area (Å²) in [6.45, 7) is 5.90. The van der Waals surface area contributed by atoms with Crippen molar-refractivity contribution in [3.05, 3.63) is 80.6 Å². The Morgan fingerprint density at radius 2 is 1.74 bits per heavy atom. The van der Waals surface area contributed by atoms with Crippen LogP contribution in [0.25, 0.3) is 22.2 Å². The highest BCUT2D eigenvalue weighted by atomic mass is 28.3. The maximum atomic E-state index is 15.1. The van der Waals surface area contributed by atoms with Gasteiger partial charge in [0.1, 0.15) is 18.1 Å². The third-order valence-corrected chi connectivity index (χ3v) is 10.2. The topological polar surface area (TPSA) is 124 Å². The molecular formula is C32H35F7N6O4Si. The SMILES string of the molecule is C[Si](C)(C)CCOCn1ncc(N[C@H]2CCC[C@@](O)(Cn3ccc4cc(-c5ncc(C(F)(F)F)cn5)c(F)cc4c3=O)C2)c(C(F)(F)F)c1=O. The highest BCUT2D eigenvalue weighted by Crippen LogP contribution is 2.36. The summed E-state index contributed by atoms with van der Waals surface area (Å²) in [7, 11) is -1.47. The van der Waals surface area contributed by atoms with Gasteiger partial charge >= 0.3 is 12.4 Å². The maximum absolute atomic E-state index is 15.1. The number of aromatic nitrogens is 5. The van der Waals surface area contributed by atoms with Gasteiger partial charge in [-0.15, -0.1) is 0 Å². The zero-order chi connectivity index (χ0) is 36.6. The third-order valence-electron chi connectivity index (χ3n) is 8.47. The van der Waals surface area contributed by atoms with Crippen molar-refractivity contribution < 1.29 is 40.6 Å². The zero-order valence-corrected chi connectivity index (χ0v) is 28.3. The molecule has 4 aromatic rings. The molecule has 1 saturated carbocycles. The van der Waals surface area contributed by atoms with Crippen LogP contribution in [-0.4, -0.2) is 55.7 Å². The van der Waals surface area contributed by atoms with Gasteiger partial charge in [-0.2, -0.15) is 31.4 Å². The van der Waals surface area contributed by atoms with Crippen LogP contribution in [0.2, 0.25) is 25.7 Å². The summed E-state index contributed by atoms with van der Waals surface area (Å²) >= 11 is 0. The summed E-state index contributed by atoms with van der Waals surface area (Å²) < 4.78 is 103. The first kappa shape index (κ1) is 37.1. The number of alkyl halides is 6. The molecule has 270 valence electrons. The number of nitrogens with one attached hydrogen (secondary N) is 1. The minimum atomic E-state index is -5.01. The van der Waals surface area contributed by atoms with Crippen molar-refractivity contribution in [1.82, 2.24) is 24.3 Å². The second kappa shape index (κ2) is 13.9. The van der Waals surface area contributed by atoms with Gasteiger partial charge < -0.3 is 19.7 Å². The van der Waals surface area contributed by atoms with E-state index in [1.54, 1.807) is 0 Å². The summed E-state index contributed by atoms with van der Waals surface area (Å²) in [5.74, 6) is -1.27. The first-order valence-electron chi connectivity index (χ1n) is 15.7. The van der Waals surface area contributed by atoms with Gasteiger partial charge in [0.15, 0.2) is 5.82 Å². The number of halogens is 7. The third kappa shape index (κ3) is 8.58. The summed E-state index contributed by atoms with van der Waals surface area (Å²) in [6.07, 6.45) is -5.54. The molecule has 2 N–H and O–H groups in total. The molecule has 3 aromatic heterocycles. The molecule has 0 amide bonds. The van der Waals surface area contributed by atoms with Gasteiger partial charge in [-0.05, 0) is 55.3 Å². The Kier molecular flexibility index (Phi) is 10.3. The lowest BCUT2D eigenvalue weighted by Crippen LogP contribution is -2.45. The van der Waals surface area contributed by atoms with Crippen LogP contribution in [0.1, 0.15) is 36.8 Å². The van der Waals surface area contributed by atoms with Crippen molar-refractivity contribution in [2.75, 3.05) is 11.9 Å². The normalized spacial score (nSPS) is 18.8. The Labute approximate surface area is 282 Å². The van der Waals surface area contributed by atoms with Crippen LogP contribution in [0.4, 0.5) is 36.4 Å². The highest BCUT2D eigenvalue weighted by molar-refractivity contribution is 6.76. The smallest absolute Gasteiger partial charge is 0.388 e. The number of fused-ring (bicyclic) bond motifs is 1.